The smallest absolute Gasteiger partial charge is 0.246 e. The van der Waals surface area contributed by atoms with Crippen LogP contribution in [-0.2, 0) is 19.1 Å². The molecule has 2 bridgehead atoms. The van der Waals surface area contributed by atoms with Gasteiger partial charge in [0.05, 0.1) is 44.7 Å². The van der Waals surface area contributed by atoms with Crippen LogP contribution in [0, 0.1) is 11.8 Å². The molecular weight excluding hydrogens is 496 g/mol. The average Bonchev–Trinajstić information content (AvgIpc) is 3.70. The van der Waals surface area contributed by atoms with Crippen LogP contribution in [0.2, 0.25) is 0 Å². The molecular formula is C30H41N4O5+. The van der Waals surface area contributed by atoms with Gasteiger partial charge in [0, 0.05) is 30.6 Å². The first-order valence-electron chi connectivity index (χ1n) is 14.7. The van der Waals surface area contributed by atoms with E-state index in [1.54, 1.807) is 24.1 Å². The van der Waals surface area contributed by atoms with Crippen molar-refractivity contribution in [1.29, 1.82) is 0 Å². The van der Waals surface area contributed by atoms with Gasteiger partial charge in [-0.25, -0.2) is 0 Å². The zero-order valence-electron chi connectivity index (χ0n) is 23.0. The summed E-state index contributed by atoms with van der Waals surface area (Å²) >= 11 is 0. The molecule has 1 saturated carbocycles. The Morgan fingerprint density at radius 2 is 1.97 bits per heavy atom. The summed E-state index contributed by atoms with van der Waals surface area (Å²) < 4.78 is 11.8. The SMILES string of the molecule is CC[NH+]1CCCC1CN1C(=O)C2C(C(=O)Nc3cccc(OC)c3)C3C=CC2(O3)C1C(=O)NC1CCCCC1. The second kappa shape index (κ2) is 10.6. The van der Waals surface area contributed by atoms with E-state index in [0.29, 0.717) is 18.0 Å². The number of nitrogens with zero attached hydrogens (tertiary/aromatic N) is 1. The van der Waals surface area contributed by atoms with Crippen molar-refractivity contribution < 1.29 is 28.8 Å². The van der Waals surface area contributed by atoms with Gasteiger partial charge in [0.15, 0.2) is 0 Å². The van der Waals surface area contributed by atoms with Crippen LogP contribution in [0.5, 0.6) is 5.75 Å². The number of ether oxygens (including phenoxy) is 2. The number of likely N-dealkylation sites (N-methyl/N-ethyl adjacent to an activating group) is 1. The number of rotatable bonds is 8. The number of carbonyl (C=O) groups is 3. The molecule has 1 aromatic carbocycles. The van der Waals surface area contributed by atoms with Crippen LogP contribution >= 0.6 is 0 Å². The fraction of sp³-hybridized carbons (Fsp3) is 0.633. The van der Waals surface area contributed by atoms with Crippen LogP contribution in [0.1, 0.15) is 51.9 Å². The van der Waals surface area contributed by atoms with Crippen molar-refractivity contribution in [2.24, 2.45) is 11.8 Å². The van der Waals surface area contributed by atoms with E-state index in [4.69, 9.17) is 9.47 Å². The highest BCUT2D eigenvalue weighted by molar-refractivity contribution is 6.02. The van der Waals surface area contributed by atoms with Crippen molar-refractivity contribution >= 4 is 23.4 Å². The van der Waals surface area contributed by atoms with Crippen molar-refractivity contribution in [1.82, 2.24) is 10.2 Å². The number of hydrogen-bond acceptors (Lipinski definition) is 5. The summed E-state index contributed by atoms with van der Waals surface area (Å²) in [4.78, 5) is 45.2. The summed E-state index contributed by atoms with van der Waals surface area (Å²) in [6.07, 6.45) is 10.7. The molecule has 5 aliphatic rings. The summed E-state index contributed by atoms with van der Waals surface area (Å²) in [6.45, 7) is 4.76. The van der Waals surface area contributed by atoms with E-state index in [1.165, 1.54) is 11.3 Å². The molecule has 4 aliphatic heterocycles. The molecule has 7 atom stereocenters. The number of benzene rings is 1. The van der Waals surface area contributed by atoms with Gasteiger partial charge in [0.25, 0.3) is 0 Å². The molecule has 7 unspecified atom stereocenters. The van der Waals surface area contributed by atoms with Gasteiger partial charge in [-0.05, 0) is 31.9 Å². The van der Waals surface area contributed by atoms with Crippen LogP contribution < -0.4 is 20.3 Å². The molecule has 0 aromatic heterocycles. The lowest BCUT2D eigenvalue weighted by Crippen LogP contribution is -3.14. The molecule has 1 aliphatic carbocycles. The lowest BCUT2D eigenvalue weighted by atomic mass is 9.74. The standard InChI is InChI=1S/C30H40N4O5/c1-3-33-16-8-12-21(33)18-34-26(28(36)31-19-9-5-4-6-10-19)30-15-14-23(39-30)24(25(30)29(34)37)27(35)32-20-11-7-13-22(17-20)38-2/h7,11,13-15,17,19,21,23-26H,3-6,8-10,12,16,18H2,1-2H3,(H,31,36)(H,32,35)/p+1. The molecule has 9 nitrogen and oxygen atoms in total. The third-order valence-corrected chi connectivity index (χ3v) is 9.71. The Bertz CT molecular complexity index is 1150. The molecule has 3 amide bonds. The van der Waals surface area contributed by atoms with E-state index >= 15 is 0 Å². The Balaban J connectivity index is 1.30. The van der Waals surface area contributed by atoms with E-state index in [1.807, 2.05) is 24.3 Å². The van der Waals surface area contributed by atoms with Crippen molar-refractivity contribution in [3.8, 4) is 5.75 Å². The first kappa shape index (κ1) is 26.3. The van der Waals surface area contributed by atoms with Gasteiger partial charge in [0.1, 0.15) is 23.4 Å². The monoisotopic (exact) mass is 537 g/mol. The quantitative estimate of drug-likeness (QED) is 0.434. The number of methoxy groups -OCH3 is 1. The van der Waals surface area contributed by atoms with E-state index in [2.05, 4.69) is 17.6 Å². The molecule has 0 radical (unpaired) electrons. The number of quaternary nitrogens is 1. The molecule has 6 rings (SSSR count). The van der Waals surface area contributed by atoms with Gasteiger partial charge in [-0.2, -0.15) is 0 Å². The highest BCUT2D eigenvalue weighted by atomic mass is 16.5. The Labute approximate surface area is 230 Å². The zero-order valence-corrected chi connectivity index (χ0v) is 23.0. The first-order valence-corrected chi connectivity index (χ1v) is 14.7. The highest BCUT2D eigenvalue weighted by Gasteiger charge is 2.73. The Hall–Kier alpha value is -2.91. The molecule has 39 heavy (non-hydrogen) atoms. The second-order valence-electron chi connectivity index (χ2n) is 11.9. The lowest BCUT2D eigenvalue weighted by Gasteiger charge is -2.35. The number of nitrogens with one attached hydrogen (secondary N) is 3. The minimum atomic E-state index is -1.12. The van der Waals surface area contributed by atoms with Gasteiger partial charge in [-0.3, -0.25) is 14.4 Å². The van der Waals surface area contributed by atoms with Gasteiger partial charge >= 0.3 is 0 Å². The summed E-state index contributed by atoms with van der Waals surface area (Å²) in [7, 11) is 1.58. The second-order valence-corrected chi connectivity index (χ2v) is 11.9. The van der Waals surface area contributed by atoms with Crippen molar-refractivity contribution in [2.75, 3.05) is 32.1 Å². The third-order valence-electron chi connectivity index (χ3n) is 9.71. The fourth-order valence-electron chi connectivity index (χ4n) is 7.82. The average molecular weight is 538 g/mol. The Kier molecular flexibility index (Phi) is 7.14. The molecule has 210 valence electrons. The number of fused-ring (bicyclic) bond motifs is 1. The van der Waals surface area contributed by atoms with Gasteiger partial charge in [0.2, 0.25) is 17.7 Å². The van der Waals surface area contributed by atoms with Gasteiger partial charge < -0.3 is 29.9 Å². The van der Waals surface area contributed by atoms with Crippen LogP contribution in [0.3, 0.4) is 0 Å². The minimum Gasteiger partial charge on any atom is -0.497 e. The summed E-state index contributed by atoms with van der Waals surface area (Å²) in [5.74, 6) is -1.36. The summed E-state index contributed by atoms with van der Waals surface area (Å²) in [5.41, 5.74) is -0.524. The van der Waals surface area contributed by atoms with Crippen LogP contribution in [0.4, 0.5) is 5.69 Å². The van der Waals surface area contributed by atoms with Gasteiger partial charge in [-0.1, -0.05) is 37.5 Å². The van der Waals surface area contributed by atoms with Gasteiger partial charge in [-0.15, -0.1) is 0 Å². The largest absolute Gasteiger partial charge is 0.497 e. The molecule has 9 heteroatoms. The van der Waals surface area contributed by atoms with E-state index in [9.17, 15) is 14.4 Å². The summed E-state index contributed by atoms with van der Waals surface area (Å²) in [6, 6.07) is 6.81. The molecule has 1 spiro atoms. The maximum absolute atomic E-state index is 14.3. The highest BCUT2D eigenvalue weighted by Crippen LogP contribution is 2.55. The number of likely N-dealkylation sites (tertiary alicyclic amines) is 2. The third kappa shape index (κ3) is 4.53. The van der Waals surface area contributed by atoms with Crippen molar-refractivity contribution in [2.45, 2.75) is 81.7 Å². The topological polar surface area (TPSA) is 101 Å². The summed E-state index contributed by atoms with van der Waals surface area (Å²) in [5, 5.41) is 6.26. The van der Waals surface area contributed by atoms with E-state index in [0.717, 1.165) is 51.6 Å². The van der Waals surface area contributed by atoms with E-state index in [-0.39, 0.29) is 29.8 Å². The molecule has 3 saturated heterocycles. The zero-order chi connectivity index (χ0) is 27.1. The molecule has 4 fully saturated rings. The predicted molar refractivity (Wildman–Crippen MR) is 145 cm³/mol. The predicted octanol–water partition coefficient (Wildman–Crippen LogP) is 1.30. The van der Waals surface area contributed by atoms with E-state index < -0.39 is 29.6 Å². The maximum atomic E-state index is 14.3. The van der Waals surface area contributed by atoms with Crippen molar-refractivity contribution in [3.63, 3.8) is 0 Å². The minimum absolute atomic E-state index is 0.123. The molecule has 3 N–H and O–H groups in total. The van der Waals surface area contributed by atoms with Crippen molar-refractivity contribution in [3.05, 3.63) is 36.4 Å². The number of amides is 3. The van der Waals surface area contributed by atoms with Crippen LogP contribution in [0.15, 0.2) is 36.4 Å². The Morgan fingerprint density at radius 1 is 1.15 bits per heavy atom. The number of carbonyl (C=O) groups excluding carboxylic acids is 3. The Morgan fingerprint density at radius 3 is 2.74 bits per heavy atom. The molecule has 4 heterocycles. The van der Waals surface area contributed by atoms with Crippen LogP contribution in [-0.4, -0.2) is 79.2 Å². The number of anilines is 1. The van der Waals surface area contributed by atoms with Crippen LogP contribution in [0.25, 0.3) is 0 Å². The fourth-order valence-corrected chi connectivity index (χ4v) is 7.82. The number of hydrogen-bond donors (Lipinski definition) is 3. The lowest BCUT2D eigenvalue weighted by molar-refractivity contribution is -0.909. The first-order chi connectivity index (χ1) is 18.9. The maximum Gasteiger partial charge on any atom is 0.246 e. The molecule has 1 aromatic rings. The normalized spacial score (nSPS) is 35.3.